The van der Waals surface area contributed by atoms with E-state index in [4.69, 9.17) is 19.3 Å². The highest BCUT2D eigenvalue weighted by molar-refractivity contribution is 5.76. The summed E-state index contributed by atoms with van der Waals surface area (Å²) in [5, 5.41) is 17.9. The van der Waals surface area contributed by atoms with Crippen molar-refractivity contribution < 1.29 is 34.0 Å². The third-order valence-corrected chi connectivity index (χ3v) is 2.81. The molecule has 2 rings (SSSR count). The lowest BCUT2D eigenvalue weighted by Crippen LogP contribution is -2.34. The molecule has 0 unspecified atom stereocenters. The minimum atomic E-state index is -1.05. The number of esters is 1. The molecule has 0 aromatic carbocycles. The van der Waals surface area contributed by atoms with Crippen molar-refractivity contribution in [3.05, 3.63) is 0 Å². The maximum atomic E-state index is 11.3. The van der Waals surface area contributed by atoms with Crippen molar-refractivity contribution in [2.75, 3.05) is 13.2 Å². The number of carboxylic acids is 1. The molecule has 2 fully saturated rings. The van der Waals surface area contributed by atoms with Gasteiger partial charge in [0.1, 0.15) is 18.3 Å². The molecule has 7 nitrogen and oxygen atoms in total. The van der Waals surface area contributed by atoms with Crippen LogP contribution in [-0.2, 0) is 23.8 Å². The Balaban J connectivity index is 1.80. The molecule has 17 heavy (non-hydrogen) atoms. The quantitative estimate of drug-likeness (QED) is 0.608. The highest BCUT2D eigenvalue weighted by atomic mass is 16.6. The van der Waals surface area contributed by atoms with Gasteiger partial charge in [0.05, 0.1) is 26.1 Å². The topological polar surface area (TPSA) is 102 Å². The van der Waals surface area contributed by atoms with Gasteiger partial charge in [-0.15, -0.1) is 0 Å². The van der Waals surface area contributed by atoms with Crippen LogP contribution in [0, 0.1) is 0 Å². The normalized spacial score (nSPS) is 35.6. The minimum absolute atomic E-state index is 0.165. The summed E-state index contributed by atoms with van der Waals surface area (Å²) in [7, 11) is 0. The monoisotopic (exact) mass is 246 g/mol. The van der Waals surface area contributed by atoms with Crippen LogP contribution in [0.1, 0.15) is 12.8 Å². The first kappa shape index (κ1) is 12.3. The number of aliphatic carboxylic acids is 1. The number of aliphatic hydroxyl groups excluding tert-OH is 1. The Morgan fingerprint density at radius 1 is 1.18 bits per heavy atom. The minimum Gasteiger partial charge on any atom is -0.481 e. The lowest BCUT2D eigenvalue weighted by atomic mass is 10.1. The molecule has 0 spiro atoms. The summed E-state index contributed by atoms with van der Waals surface area (Å²) < 4.78 is 15.6. The molecule has 0 bridgehead atoms. The van der Waals surface area contributed by atoms with Crippen molar-refractivity contribution in [2.45, 2.75) is 37.3 Å². The van der Waals surface area contributed by atoms with E-state index in [9.17, 15) is 14.7 Å². The molecule has 0 aliphatic carbocycles. The third-order valence-electron chi connectivity index (χ3n) is 2.81. The van der Waals surface area contributed by atoms with Gasteiger partial charge in [-0.05, 0) is 0 Å². The molecule has 4 atom stereocenters. The number of fused-ring (bicyclic) bond motifs is 1. The van der Waals surface area contributed by atoms with Crippen molar-refractivity contribution in [3.8, 4) is 0 Å². The van der Waals surface area contributed by atoms with Crippen LogP contribution in [0.4, 0.5) is 0 Å². The van der Waals surface area contributed by atoms with E-state index in [1.807, 2.05) is 0 Å². The van der Waals surface area contributed by atoms with E-state index >= 15 is 0 Å². The SMILES string of the molecule is O=C(O)CCC(=O)O[C@H]1CO[C@@H]2[C@H]1OC[C@H]2O. The average molecular weight is 246 g/mol. The molecule has 0 amide bonds. The number of carbonyl (C=O) groups is 2. The van der Waals surface area contributed by atoms with E-state index in [0.717, 1.165) is 0 Å². The lowest BCUT2D eigenvalue weighted by Gasteiger charge is -2.16. The summed E-state index contributed by atoms with van der Waals surface area (Å²) in [6.45, 7) is 0.337. The summed E-state index contributed by atoms with van der Waals surface area (Å²) >= 11 is 0. The first-order valence-corrected chi connectivity index (χ1v) is 5.40. The highest BCUT2D eigenvalue weighted by Gasteiger charge is 2.48. The van der Waals surface area contributed by atoms with Crippen LogP contribution in [-0.4, -0.2) is 59.8 Å². The van der Waals surface area contributed by atoms with E-state index < -0.39 is 36.4 Å². The molecular weight excluding hydrogens is 232 g/mol. The van der Waals surface area contributed by atoms with Crippen molar-refractivity contribution in [1.29, 1.82) is 0 Å². The summed E-state index contributed by atoms with van der Waals surface area (Å²) in [6, 6.07) is 0. The van der Waals surface area contributed by atoms with Crippen LogP contribution in [0.5, 0.6) is 0 Å². The van der Waals surface area contributed by atoms with Crippen LogP contribution in [0.15, 0.2) is 0 Å². The van der Waals surface area contributed by atoms with E-state index in [1.54, 1.807) is 0 Å². The fourth-order valence-corrected chi connectivity index (χ4v) is 1.98. The number of carbonyl (C=O) groups excluding carboxylic acids is 1. The summed E-state index contributed by atoms with van der Waals surface area (Å²) in [6.07, 6.45) is -2.58. The zero-order chi connectivity index (χ0) is 12.4. The fourth-order valence-electron chi connectivity index (χ4n) is 1.98. The molecule has 0 saturated carbocycles. The fraction of sp³-hybridized carbons (Fsp3) is 0.800. The Hall–Kier alpha value is -1.18. The second-order valence-electron chi connectivity index (χ2n) is 4.09. The van der Waals surface area contributed by atoms with Gasteiger partial charge in [-0.2, -0.15) is 0 Å². The molecule has 0 aromatic rings. The molecule has 2 heterocycles. The predicted molar refractivity (Wildman–Crippen MR) is 52.2 cm³/mol. The van der Waals surface area contributed by atoms with Crippen LogP contribution in [0.2, 0.25) is 0 Å². The number of ether oxygens (including phenoxy) is 3. The van der Waals surface area contributed by atoms with Gasteiger partial charge in [0.2, 0.25) is 0 Å². The molecule has 2 saturated heterocycles. The first-order chi connectivity index (χ1) is 8.08. The van der Waals surface area contributed by atoms with E-state index in [1.165, 1.54) is 0 Å². The molecule has 96 valence electrons. The van der Waals surface area contributed by atoms with Gasteiger partial charge in [-0.3, -0.25) is 9.59 Å². The van der Waals surface area contributed by atoms with Crippen molar-refractivity contribution in [2.24, 2.45) is 0 Å². The Morgan fingerprint density at radius 2 is 1.88 bits per heavy atom. The van der Waals surface area contributed by atoms with Crippen molar-refractivity contribution in [1.82, 2.24) is 0 Å². The Labute approximate surface area is 97.3 Å². The van der Waals surface area contributed by atoms with E-state index in [0.29, 0.717) is 0 Å². The number of aliphatic hydroxyl groups is 1. The molecule has 2 aliphatic rings. The Kier molecular flexibility index (Phi) is 3.60. The van der Waals surface area contributed by atoms with E-state index in [2.05, 4.69) is 0 Å². The van der Waals surface area contributed by atoms with Gasteiger partial charge in [0, 0.05) is 0 Å². The maximum absolute atomic E-state index is 11.3. The Morgan fingerprint density at radius 3 is 2.59 bits per heavy atom. The highest BCUT2D eigenvalue weighted by Crippen LogP contribution is 2.28. The second kappa shape index (κ2) is 4.99. The van der Waals surface area contributed by atoms with Crippen molar-refractivity contribution in [3.63, 3.8) is 0 Å². The smallest absolute Gasteiger partial charge is 0.306 e. The van der Waals surface area contributed by atoms with Crippen molar-refractivity contribution >= 4 is 11.9 Å². The standard InChI is InChI=1S/C10H14O7/c11-5-3-15-10-6(4-16-9(5)10)17-8(14)2-1-7(12)13/h5-6,9-11H,1-4H2,(H,12,13)/t5-,6+,9+,10+/m1/s1. The second-order valence-corrected chi connectivity index (χ2v) is 4.09. The number of carboxylic acid groups (broad SMARTS) is 1. The molecule has 2 N–H and O–H groups in total. The van der Waals surface area contributed by atoms with Crippen LogP contribution < -0.4 is 0 Å². The van der Waals surface area contributed by atoms with Gasteiger partial charge >= 0.3 is 11.9 Å². The molecular formula is C10H14O7. The first-order valence-electron chi connectivity index (χ1n) is 5.40. The predicted octanol–water partition coefficient (Wildman–Crippen LogP) is -1.08. The summed E-state index contributed by atoms with van der Waals surface area (Å²) in [5.74, 6) is -1.64. The van der Waals surface area contributed by atoms with Gasteiger partial charge < -0.3 is 24.4 Å². The average Bonchev–Trinajstić information content (AvgIpc) is 2.81. The summed E-state index contributed by atoms with van der Waals surface area (Å²) in [5.41, 5.74) is 0. The zero-order valence-corrected chi connectivity index (χ0v) is 9.07. The largest absolute Gasteiger partial charge is 0.481 e. The van der Waals surface area contributed by atoms with Gasteiger partial charge in [0.25, 0.3) is 0 Å². The molecule has 0 radical (unpaired) electrons. The van der Waals surface area contributed by atoms with Crippen LogP contribution >= 0.6 is 0 Å². The zero-order valence-electron chi connectivity index (χ0n) is 9.07. The Bertz CT molecular complexity index is 316. The molecule has 7 heteroatoms. The number of hydrogen-bond acceptors (Lipinski definition) is 6. The molecule has 0 aromatic heterocycles. The third kappa shape index (κ3) is 2.74. The summed E-state index contributed by atoms with van der Waals surface area (Å²) in [4.78, 5) is 21.6. The van der Waals surface area contributed by atoms with Gasteiger partial charge in [0.15, 0.2) is 6.10 Å². The van der Waals surface area contributed by atoms with Gasteiger partial charge in [-0.1, -0.05) is 0 Å². The molecule has 2 aliphatic heterocycles. The number of rotatable bonds is 4. The van der Waals surface area contributed by atoms with E-state index in [-0.39, 0.29) is 26.1 Å². The maximum Gasteiger partial charge on any atom is 0.306 e. The number of hydrogen-bond donors (Lipinski definition) is 2. The lowest BCUT2D eigenvalue weighted by molar-refractivity contribution is -0.156. The van der Waals surface area contributed by atoms with Crippen LogP contribution in [0.3, 0.4) is 0 Å². The van der Waals surface area contributed by atoms with Crippen LogP contribution in [0.25, 0.3) is 0 Å². The van der Waals surface area contributed by atoms with Gasteiger partial charge in [-0.25, -0.2) is 0 Å².